The molecule has 2 heteroatoms. The maximum absolute atomic E-state index is 5.89. The summed E-state index contributed by atoms with van der Waals surface area (Å²) in [7, 11) is 0. The van der Waals surface area contributed by atoms with E-state index in [1.807, 2.05) is 72.8 Å². The highest BCUT2D eigenvalue weighted by atomic mass is 16.5. The predicted molar refractivity (Wildman–Crippen MR) is 119 cm³/mol. The molecule has 0 unspecified atom stereocenters. The van der Waals surface area contributed by atoms with E-state index in [1.54, 1.807) is 0 Å². The summed E-state index contributed by atoms with van der Waals surface area (Å²) in [5, 5.41) is 0. The normalized spacial score (nSPS) is 10.3. The predicted octanol–water partition coefficient (Wildman–Crippen LogP) is 6.99. The minimum Gasteiger partial charge on any atom is -0.486 e. The van der Waals surface area contributed by atoms with Crippen molar-refractivity contribution in [2.75, 3.05) is 6.61 Å². The number of benzene rings is 4. The Morgan fingerprint density at radius 1 is 0.552 bits per heavy atom. The Hall–Kier alpha value is -3.78. The number of hydrogen-bond acceptors (Lipinski definition) is 2. The first-order valence-electron chi connectivity index (χ1n) is 9.57. The largest absolute Gasteiger partial charge is 0.486 e. The second kappa shape index (κ2) is 8.94. The summed E-state index contributed by atoms with van der Waals surface area (Å²) in [5.74, 6) is 2.09. The van der Waals surface area contributed by atoms with Gasteiger partial charge >= 0.3 is 0 Å². The highest BCUT2D eigenvalue weighted by Crippen LogP contribution is 2.26. The van der Waals surface area contributed by atoms with Crippen molar-refractivity contribution < 1.29 is 9.47 Å². The van der Waals surface area contributed by atoms with Gasteiger partial charge in [-0.05, 0) is 46.5 Å². The molecule has 0 aromatic heterocycles. The van der Waals surface area contributed by atoms with Crippen molar-refractivity contribution in [3.05, 3.63) is 122 Å². The summed E-state index contributed by atoms with van der Waals surface area (Å²) in [4.78, 5) is 0. The summed E-state index contributed by atoms with van der Waals surface area (Å²) in [6, 6.07) is 36.5. The molecule has 0 spiro atoms. The van der Waals surface area contributed by atoms with Crippen LogP contribution in [0.3, 0.4) is 0 Å². The van der Waals surface area contributed by atoms with Crippen LogP contribution < -0.4 is 9.47 Å². The van der Waals surface area contributed by atoms with Gasteiger partial charge in [0.2, 0.25) is 0 Å². The SMILES string of the molecule is C=C(COc1cccc(-c2ccccc2)c1)Oc1cccc(-c2ccccc2)c1. The Morgan fingerprint density at radius 2 is 1.03 bits per heavy atom. The molecule has 0 bridgehead atoms. The molecule has 4 aromatic carbocycles. The molecule has 0 saturated carbocycles. The van der Waals surface area contributed by atoms with Gasteiger partial charge in [0.1, 0.15) is 23.9 Å². The second-order valence-electron chi connectivity index (χ2n) is 6.72. The molecule has 29 heavy (non-hydrogen) atoms. The molecule has 0 amide bonds. The van der Waals surface area contributed by atoms with Crippen molar-refractivity contribution >= 4 is 0 Å². The Kier molecular flexibility index (Phi) is 5.73. The van der Waals surface area contributed by atoms with Crippen LogP contribution >= 0.6 is 0 Å². The van der Waals surface area contributed by atoms with Crippen LogP contribution in [0.25, 0.3) is 22.3 Å². The third-order valence-corrected chi connectivity index (χ3v) is 4.54. The minimum absolute atomic E-state index is 0.286. The number of rotatable bonds is 7. The van der Waals surface area contributed by atoms with Gasteiger partial charge in [0.25, 0.3) is 0 Å². The molecule has 0 saturated heterocycles. The summed E-state index contributed by atoms with van der Waals surface area (Å²) in [6.45, 7) is 4.29. The van der Waals surface area contributed by atoms with E-state index >= 15 is 0 Å². The van der Waals surface area contributed by atoms with E-state index in [0.717, 1.165) is 33.8 Å². The van der Waals surface area contributed by atoms with Crippen LogP contribution in [0.2, 0.25) is 0 Å². The smallest absolute Gasteiger partial charge is 0.145 e. The van der Waals surface area contributed by atoms with Gasteiger partial charge in [-0.25, -0.2) is 0 Å². The van der Waals surface area contributed by atoms with Crippen LogP contribution in [0.5, 0.6) is 11.5 Å². The fourth-order valence-electron chi connectivity index (χ4n) is 3.13. The van der Waals surface area contributed by atoms with Gasteiger partial charge in [-0.2, -0.15) is 0 Å². The van der Waals surface area contributed by atoms with E-state index < -0.39 is 0 Å². The Bertz CT molecular complexity index is 1090. The van der Waals surface area contributed by atoms with Crippen LogP contribution in [0, 0.1) is 0 Å². The lowest BCUT2D eigenvalue weighted by atomic mass is 10.1. The van der Waals surface area contributed by atoms with Crippen molar-refractivity contribution in [2.24, 2.45) is 0 Å². The van der Waals surface area contributed by atoms with Gasteiger partial charge in [-0.15, -0.1) is 0 Å². The van der Waals surface area contributed by atoms with Gasteiger partial charge in [0.05, 0.1) is 0 Å². The molecule has 142 valence electrons. The van der Waals surface area contributed by atoms with Gasteiger partial charge in [-0.3, -0.25) is 0 Å². The third-order valence-electron chi connectivity index (χ3n) is 4.54. The zero-order chi connectivity index (χ0) is 19.9. The van der Waals surface area contributed by atoms with Crippen LogP contribution in [0.1, 0.15) is 0 Å². The number of hydrogen-bond donors (Lipinski definition) is 0. The molecule has 0 atom stereocenters. The van der Waals surface area contributed by atoms with Gasteiger partial charge in [0, 0.05) is 0 Å². The van der Waals surface area contributed by atoms with E-state index in [-0.39, 0.29) is 6.61 Å². The summed E-state index contributed by atoms with van der Waals surface area (Å²) >= 11 is 0. The van der Waals surface area contributed by atoms with Crippen molar-refractivity contribution in [3.63, 3.8) is 0 Å². The van der Waals surface area contributed by atoms with E-state index in [9.17, 15) is 0 Å². The van der Waals surface area contributed by atoms with Crippen LogP contribution in [-0.4, -0.2) is 6.61 Å². The zero-order valence-corrected chi connectivity index (χ0v) is 16.1. The highest BCUT2D eigenvalue weighted by molar-refractivity contribution is 5.65. The fourth-order valence-corrected chi connectivity index (χ4v) is 3.13. The van der Waals surface area contributed by atoms with E-state index in [2.05, 4.69) is 43.0 Å². The van der Waals surface area contributed by atoms with Crippen molar-refractivity contribution in [3.8, 4) is 33.8 Å². The lowest BCUT2D eigenvalue weighted by molar-refractivity contribution is 0.282. The Labute approximate surface area is 171 Å². The van der Waals surface area contributed by atoms with Gasteiger partial charge in [0.15, 0.2) is 0 Å². The van der Waals surface area contributed by atoms with E-state index in [0.29, 0.717) is 5.76 Å². The Morgan fingerprint density at radius 3 is 1.62 bits per heavy atom. The molecule has 0 aliphatic rings. The summed E-state index contributed by atoms with van der Waals surface area (Å²) in [5.41, 5.74) is 4.53. The lowest BCUT2D eigenvalue weighted by Gasteiger charge is -2.12. The lowest BCUT2D eigenvalue weighted by Crippen LogP contribution is -2.06. The Balaban J connectivity index is 1.39. The molecule has 0 heterocycles. The molecule has 4 rings (SSSR count). The molecule has 0 fully saturated rings. The molecular weight excluding hydrogens is 356 g/mol. The minimum atomic E-state index is 0.286. The first kappa shape index (κ1) is 18.6. The van der Waals surface area contributed by atoms with Gasteiger partial charge < -0.3 is 9.47 Å². The first-order valence-corrected chi connectivity index (χ1v) is 9.57. The molecule has 4 aromatic rings. The second-order valence-corrected chi connectivity index (χ2v) is 6.72. The molecule has 2 nitrogen and oxygen atoms in total. The quantitative estimate of drug-likeness (QED) is 0.323. The fraction of sp³-hybridized carbons (Fsp3) is 0.0370. The average molecular weight is 378 g/mol. The highest BCUT2D eigenvalue weighted by Gasteiger charge is 2.04. The molecule has 0 radical (unpaired) electrons. The average Bonchev–Trinajstić information content (AvgIpc) is 2.79. The van der Waals surface area contributed by atoms with E-state index in [4.69, 9.17) is 9.47 Å². The molecule has 0 aliphatic carbocycles. The van der Waals surface area contributed by atoms with E-state index in [1.165, 1.54) is 0 Å². The van der Waals surface area contributed by atoms with Crippen LogP contribution in [-0.2, 0) is 0 Å². The summed E-state index contributed by atoms with van der Waals surface area (Å²) < 4.78 is 11.8. The summed E-state index contributed by atoms with van der Waals surface area (Å²) in [6.07, 6.45) is 0. The zero-order valence-electron chi connectivity index (χ0n) is 16.1. The van der Waals surface area contributed by atoms with Crippen molar-refractivity contribution in [2.45, 2.75) is 0 Å². The standard InChI is InChI=1S/C27H22O2/c1-21(29-27-17-9-15-25(19-27)23-12-6-3-7-13-23)20-28-26-16-8-14-24(18-26)22-10-4-2-5-11-22/h2-19H,1,20H2. The number of ether oxygens (including phenoxy) is 2. The van der Waals surface area contributed by atoms with Gasteiger partial charge in [-0.1, -0.05) is 91.5 Å². The first-order chi connectivity index (χ1) is 14.3. The third kappa shape index (κ3) is 4.94. The van der Waals surface area contributed by atoms with Crippen LogP contribution in [0.4, 0.5) is 0 Å². The monoisotopic (exact) mass is 378 g/mol. The van der Waals surface area contributed by atoms with Crippen LogP contribution in [0.15, 0.2) is 122 Å². The maximum atomic E-state index is 5.89. The molecular formula is C27H22O2. The maximum Gasteiger partial charge on any atom is 0.145 e. The van der Waals surface area contributed by atoms with Crippen molar-refractivity contribution in [1.29, 1.82) is 0 Å². The molecule has 0 N–H and O–H groups in total. The molecule has 0 aliphatic heterocycles. The van der Waals surface area contributed by atoms with Crippen molar-refractivity contribution in [1.82, 2.24) is 0 Å². The topological polar surface area (TPSA) is 18.5 Å².